The van der Waals surface area contributed by atoms with Crippen LogP contribution in [0.3, 0.4) is 0 Å². The molecule has 122 valence electrons. The second-order valence-electron chi connectivity index (χ2n) is 5.77. The van der Waals surface area contributed by atoms with Crippen molar-refractivity contribution in [2.24, 2.45) is 7.05 Å². The summed E-state index contributed by atoms with van der Waals surface area (Å²) >= 11 is 0. The van der Waals surface area contributed by atoms with Crippen LogP contribution in [-0.4, -0.2) is 25.0 Å². The first-order valence-corrected chi connectivity index (χ1v) is 7.60. The largest absolute Gasteiger partial charge is 0.329 e. The van der Waals surface area contributed by atoms with Gasteiger partial charge in [-0.3, -0.25) is 24.0 Å². The van der Waals surface area contributed by atoms with Crippen LogP contribution in [0.1, 0.15) is 12.0 Å². The van der Waals surface area contributed by atoms with Gasteiger partial charge in [-0.05, 0) is 5.56 Å². The predicted octanol–water partition coefficient (Wildman–Crippen LogP) is 0.360. The summed E-state index contributed by atoms with van der Waals surface area (Å²) < 4.78 is 2.99. The molecule has 2 aromatic heterocycles. The number of anilines is 1. The van der Waals surface area contributed by atoms with E-state index in [0.717, 1.165) is 5.56 Å². The number of rotatable bonds is 2. The van der Waals surface area contributed by atoms with Crippen molar-refractivity contribution in [1.82, 2.24) is 19.1 Å². The average Bonchev–Trinajstić information content (AvgIpc) is 2.97. The number of benzene rings is 1. The third kappa shape index (κ3) is 2.07. The maximum Gasteiger partial charge on any atom is 0.329 e. The van der Waals surface area contributed by atoms with Gasteiger partial charge < -0.3 is 4.57 Å². The molecule has 1 N–H and O–H groups in total. The van der Waals surface area contributed by atoms with E-state index in [1.54, 1.807) is 16.5 Å². The number of aryl methyl sites for hydroxylation is 2. The summed E-state index contributed by atoms with van der Waals surface area (Å²) in [5.41, 5.74) is 0.558. The van der Waals surface area contributed by atoms with Crippen molar-refractivity contribution in [1.29, 1.82) is 0 Å². The fourth-order valence-corrected chi connectivity index (χ4v) is 3.02. The Balaban J connectivity index is 1.92. The second-order valence-corrected chi connectivity index (χ2v) is 5.77. The molecule has 8 nitrogen and oxygen atoms in total. The smallest absolute Gasteiger partial charge is 0.303 e. The first-order chi connectivity index (χ1) is 11.6. The van der Waals surface area contributed by atoms with Crippen LogP contribution in [0.25, 0.3) is 11.2 Å². The highest BCUT2D eigenvalue weighted by Crippen LogP contribution is 2.26. The van der Waals surface area contributed by atoms with Gasteiger partial charge in [0.2, 0.25) is 11.9 Å². The zero-order valence-electron chi connectivity index (χ0n) is 13.0. The Morgan fingerprint density at radius 1 is 1.17 bits per heavy atom. The SMILES string of the molecule is Cn1c(=O)[nH]c(=O)c2c1nc1n2CCC(=O)N1Cc1ccccc1. The molecule has 0 radical (unpaired) electrons. The lowest BCUT2D eigenvalue weighted by molar-refractivity contribution is -0.119. The molecule has 0 aliphatic carbocycles. The summed E-state index contributed by atoms with van der Waals surface area (Å²) in [5.74, 6) is 0.347. The fraction of sp³-hybridized carbons (Fsp3) is 0.250. The molecule has 0 saturated heterocycles. The number of carbonyl (C=O) groups excluding carboxylic acids is 1. The normalized spacial score (nSPS) is 14.2. The van der Waals surface area contributed by atoms with E-state index < -0.39 is 11.2 Å². The molecule has 8 heteroatoms. The van der Waals surface area contributed by atoms with Crippen LogP contribution in [0.15, 0.2) is 39.9 Å². The topological polar surface area (TPSA) is 93.0 Å². The van der Waals surface area contributed by atoms with Gasteiger partial charge in [0.1, 0.15) is 0 Å². The highest BCUT2D eigenvalue weighted by Gasteiger charge is 2.29. The number of hydrogen-bond donors (Lipinski definition) is 1. The minimum absolute atomic E-state index is 0.0527. The van der Waals surface area contributed by atoms with Gasteiger partial charge in [0.15, 0.2) is 11.2 Å². The van der Waals surface area contributed by atoms with Gasteiger partial charge in [0, 0.05) is 20.0 Å². The summed E-state index contributed by atoms with van der Waals surface area (Å²) in [6.07, 6.45) is 0.285. The van der Waals surface area contributed by atoms with E-state index in [2.05, 4.69) is 9.97 Å². The Hall–Kier alpha value is -3.16. The molecule has 24 heavy (non-hydrogen) atoms. The number of imidazole rings is 1. The first-order valence-electron chi connectivity index (χ1n) is 7.60. The molecule has 0 saturated carbocycles. The van der Waals surface area contributed by atoms with E-state index in [1.807, 2.05) is 30.3 Å². The number of aromatic amines is 1. The quantitative estimate of drug-likeness (QED) is 0.736. The van der Waals surface area contributed by atoms with Crippen molar-refractivity contribution in [3.63, 3.8) is 0 Å². The van der Waals surface area contributed by atoms with Gasteiger partial charge in [-0.25, -0.2) is 4.79 Å². The van der Waals surface area contributed by atoms with Gasteiger partial charge >= 0.3 is 5.69 Å². The highest BCUT2D eigenvalue weighted by molar-refractivity contribution is 5.95. The van der Waals surface area contributed by atoms with Crippen LogP contribution in [0.4, 0.5) is 5.95 Å². The van der Waals surface area contributed by atoms with Gasteiger partial charge in [0.25, 0.3) is 5.56 Å². The average molecular weight is 325 g/mol. The molecule has 0 spiro atoms. The lowest BCUT2D eigenvalue weighted by atomic mass is 10.2. The monoisotopic (exact) mass is 325 g/mol. The number of hydrogen-bond acceptors (Lipinski definition) is 4. The highest BCUT2D eigenvalue weighted by atomic mass is 16.2. The molecule has 1 aromatic carbocycles. The Bertz CT molecular complexity index is 1060. The zero-order valence-corrected chi connectivity index (χ0v) is 13.0. The fourth-order valence-electron chi connectivity index (χ4n) is 3.02. The first kappa shape index (κ1) is 14.4. The third-order valence-electron chi connectivity index (χ3n) is 4.26. The summed E-state index contributed by atoms with van der Waals surface area (Å²) in [6, 6.07) is 9.57. The van der Waals surface area contributed by atoms with E-state index in [9.17, 15) is 14.4 Å². The molecular formula is C16H15N5O3. The second kappa shape index (κ2) is 5.19. The number of nitrogens with one attached hydrogen (secondary N) is 1. The number of H-pyrrole nitrogens is 1. The molecule has 1 aliphatic rings. The Morgan fingerprint density at radius 2 is 1.92 bits per heavy atom. The molecular weight excluding hydrogens is 310 g/mol. The van der Waals surface area contributed by atoms with Crippen LogP contribution < -0.4 is 16.1 Å². The van der Waals surface area contributed by atoms with Crippen molar-refractivity contribution in [2.45, 2.75) is 19.5 Å². The van der Waals surface area contributed by atoms with Crippen LogP contribution in [0.2, 0.25) is 0 Å². The molecule has 0 fully saturated rings. The lowest BCUT2D eigenvalue weighted by Gasteiger charge is -2.27. The number of fused-ring (bicyclic) bond motifs is 3. The van der Waals surface area contributed by atoms with Crippen molar-refractivity contribution < 1.29 is 4.79 Å². The number of carbonyl (C=O) groups is 1. The molecule has 3 heterocycles. The van der Waals surface area contributed by atoms with E-state index in [1.165, 1.54) is 4.57 Å². The van der Waals surface area contributed by atoms with Crippen molar-refractivity contribution in [3.05, 3.63) is 56.7 Å². The Labute approximate surface area is 136 Å². The Morgan fingerprint density at radius 3 is 2.67 bits per heavy atom. The minimum Gasteiger partial charge on any atom is -0.303 e. The van der Waals surface area contributed by atoms with Crippen LogP contribution in [-0.2, 0) is 24.9 Å². The van der Waals surface area contributed by atoms with Gasteiger partial charge in [-0.2, -0.15) is 4.98 Å². The summed E-state index contributed by atoms with van der Waals surface area (Å²) in [5, 5.41) is 0. The van der Waals surface area contributed by atoms with Gasteiger partial charge in [-0.1, -0.05) is 30.3 Å². The van der Waals surface area contributed by atoms with Gasteiger partial charge in [-0.15, -0.1) is 0 Å². The summed E-state index contributed by atoms with van der Waals surface area (Å²) in [6.45, 7) is 0.742. The maximum absolute atomic E-state index is 12.4. The predicted molar refractivity (Wildman–Crippen MR) is 87.8 cm³/mol. The lowest BCUT2D eigenvalue weighted by Crippen LogP contribution is -2.37. The van der Waals surface area contributed by atoms with E-state index >= 15 is 0 Å². The van der Waals surface area contributed by atoms with Crippen molar-refractivity contribution in [2.75, 3.05) is 4.90 Å². The molecule has 4 rings (SSSR count). The van der Waals surface area contributed by atoms with E-state index in [0.29, 0.717) is 24.6 Å². The maximum atomic E-state index is 12.4. The van der Waals surface area contributed by atoms with Crippen LogP contribution in [0, 0.1) is 0 Å². The summed E-state index contributed by atoms with van der Waals surface area (Å²) in [4.78, 5) is 44.6. The molecule has 0 bridgehead atoms. The van der Waals surface area contributed by atoms with Gasteiger partial charge in [0.05, 0.1) is 6.54 Å². The third-order valence-corrected chi connectivity index (χ3v) is 4.26. The standard InChI is InChI=1S/C16H15N5O3/c1-19-13-12(14(23)18-16(19)24)20-8-7-11(22)21(15(20)17-13)9-10-5-3-2-4-6-10/h2-6H,7-9H2,1H3,(H,18,23,24). The van der Waals surface area contributed by atoms with E-state index in [-0.39, 0.29) is 18.0 Å². The number of aromatic nitrogens is 4. The minimum atomic E-state index is -0.524. The molecule has 1 amide bonds. The summed E-state index contributed by atoms with van der Waals surface area (Å²) in [7, 11) is 1.54. The molecule has 0 unspecified atom stereocenters. The number of nitrogens with zero attached hydrogens (tertiary/aromatic N) is 4. The van der Waals surface area contributed by atoms with E-state index in [4.69, 9.17) is 0 Å². The van der Waals surface area contributed by atoms with Crippen LogP contribution >= 0.6 is 0 Å². The van der Waals surface area contributed by atoms with Crippen molar-refractivity contribution >= 4 is 23.0 Å². The Kier molecular flexibility index (Phi) is 3.12. The zero-order chi connectivity index (χ0) is 16.8. The molecule has 3 aromatic rings. The number of amides is 1. The van der Waals surface area contributed by atoms with Crippen molar-refractivity contribution in [3.8, 4) is 0 Å². The van der Waals surface area contributed by atoms with Crippen LogP contribution in [0.5, 0.6) is 0 Å². The molecule has 0 atom stereocenters. The molecule has 1 aliphatic heterocycles.